The van der Waals surface area contributed by atoms with Gasteiger partial charge >= 0.3 is 0 Å². The van der Waals surface area contributed by atoms with Crippen molar-refractivity contribution in [3.8, 4) is 16.9 Å². The molecule has 1 aliphatic rings. The maximum Gasteiger partial charge on any atom is 0.263 e. The number of aliphatic hydroxyl groups excluding tert-OH is 1. The third-order valence-electron chi connectivity index (χ3n) is 6.73. The number of pyridine rings is 1. The standard InChI is InChI=1S/C29H23N3O3/c1-17-15-18(2)31(30-17)16-25(33)19-11-13-20(14-12-19)32-27-22-8-4-5-9-23(22)28(34)26(27)21-7-3-6-10-24(21)29(32)35/h3-15,25,33H,16H2,1-2H3. The summed E-state index contributed by atoms with van der Waals surface area (Å²) in [6.07, 6.45) is -0.747. The number of rotatable bonds is 4. The van der Waals surface area contributed by atoms with Gasteiger partial charge in [-0.15, -0.1) is 0 Å². The fourth-order valence-corrected chi connectivity index (χ4v) is 5.08. The minimum Gasteiger partial charge on any atom is -0.386 e. The van der Waals surface area contributed by atoms with Crippen LogP contribution >= 0.6 is 0 Å². The van der Waals surface area contributed by atoms with Crippen LogP contribution in [0.1, 0.15) is 39.0 Å². The molecule has 0 aliphatic heterocycles. The number of aliphatic hydroxyl groups is 1. The van der Waals surface area contributed by atoms with Gasteiger partial charge in [0.25, 0.3) is 5.56 Å². The molecule has 1 unspecified atom stereocenters. The first-order valence-corrected chi connectivity index (χ1v) is 11.6. The predicted octanol–water partition coefficient (Wildman–Crippen LogP) is 4.75. The molecular formula is C29H23N3O3. The van der Waals surface area contributed by atoms with E-state index >= 15 is 0 Å². The second-order valence-corrected chi connectivity index (χ2v) is 9.00. The minimum absolute atomic E-state index is 0.0718. The van der Waals surface area contributed by atoms with E-state index in [0.29, 0.717) is 39.8 Å². The quantitative estimate of drug-likeness (QED) is 0.411. The molecule has 6 nitrogen and oxygen atoms in total. The lowest BCUT2D eigenvalue weighted by Gasteiger charge is -2.17. The summed E-state index contributed by atoms with van der Waals surface area (Å²) >= 11 is 0. The zero-order valence-corrected chi connectivity index (χ0v) is 19.4. The van der Waals surface area contributed by atoms with Crippen LogP contribution in [0.15, 0.2) is 83.7 Å². The van der Waals surface area contributed by atoms with Gasteiger partial charge in [-0.05, 0) is 43.7 Å². The van der Waals surface area contributed by atoms with Crippen molar-refractivity contribution < 1.29 is 9.90 Å². The smallest absolute Gasteiger partial charge is 0.263 e. The monoisotopic (exact) mass is 461 g/mol. The number of nitrogens with zero attached hydrogens (tertiary/aromatic N) is 3. The second kappa shape index (κ2) is 7.89. The normalized spacial score (nSPS) is 13.2. The van der Waals surface area contributed by atoms with Crippen molar-refractivity contribution in [2.24, 2.45) is 0 Å². The van der Waals surface area contributed by atoms with E-state index in [9.17, 15) is 14.7 Å². The van der Waals surface area contributed by atoms with Gasteiger partial charge in [-0.1, -0.05) is 54.6 Å². The molecular weight excluding hydrogens is 438 g/mol. The van der Waals surface area contributed by atoms with E-state index in [4.69, 9.17) is 0 Å². The van der Waals surface area contributed by atoms with Gasteiger partial charge in [0, 0.05) is 33.3 Å². The average molecular weight is 462 g/mol. The van der Waals surface area contributed by atoms with Gasteiger partial charge in [-0.2, -0.15) is 5.10 Å². The zero-order valence-electron chi connectivity index (χ0n) is 19.4. The van der Waals surface area contributed by atoms with Crippen LogP contribution in [0.4, 0.5) is 0 Å². The first-order chi connectivity index (χ1) is 16.9. The van der Waals surface area contributed by atoms with Crippen LogP contribution in [0.5, 0.6) is 0 Å². The van der Waals surface area contributed by atoms with Gasteiger partial charge < -0.3 is 5.11 Å². The molecule has 0 saturated heterocycles. The number of ketones is 1. The van der Waals surface area contributed by atoms with Crippen molar-refractivity contribution in [1.29, 1.82) is 0 Å². The Labute approximate surface area is 201 Å². The highest BCUT2D eigenvalue weighted by atomic mass is 16.3. The number of fused-ring (bicyclic) bond motifs is 5. The van der Waals surface area contributed by atoms with Crippen LogP contribution in [0.2, 0.25) is 0 Å². The molecule has 0 bridgehead atoms. The predicted molar refractivity (Wildman–Crippen MR) is 135 cm³/mol. The van der Waals surface area contributed by atoms with Crippen molar-refractivity contribution in [3.05, 3.63) is 117 Å². The van der Waals surface area contributed by atoms with Gasteiger partial charge in [-0.3, -0.25) is 18.8 Å². The Bertz CT molecular complexity index is 1690. The Morgan fingerprint density at radius 2 is 1.51 bits per heavy atom. The van der Waals surface area contributed by atoms with E-state index in [1.54, 1.807) is 21.4 Å². The Hall–Kier alpha value is -4.29. The number of hydrogen-bond donors (Lipinski definition) is 1. The molecule has 6 rings (SSSR count). The highest BCUT2D eigenvalue weighted by molar-refractivity contribution is 6.26. The number of benzene rings is 3. The van der Waals surface area contributed by atoms with Crippen molar-refractivity contribution >= 4 is 16.6 Å². The molecule has 1 aliphatic carbocycles. The second-order valence-electron chi connectivity index (χ2n) is 9.00. The van der Waals surface area contributed by atoms with E-state index in [0.717, 1.165) is 22.5 Å². The van der Waals surface area contributed by atoms with E-state index in [1.165, 1.54) is 0 Å². The summed E-state index contributed by atoms with van der Waals surface area (Å²) in [5, 5.41) is 16.4. The number of carbonyl (C=O) groups is 1. The van der Waals surface area contributed by atoms with E-state index in [-0.39, 0.29) is 11.3 Å². The molecule has 2 aromatic heterocycles. The molecule has 1 N–H and O–H groups in total. The van der Waals surface area contributed by atoms with Gasteiger partial charge in [0.2, 0.25) is 0 Å². The maximum absolute atomic E-state index is 13.7. The van der Waals surface area contributed by atoms with Crippen LogP contribution in [0, 0.1) is 13.8 Å². The van der Waals surface area contributed by atoms with Crippen molar-refractivity contribution in [1.82, 2.24) is 14.3 Å². The van der Waals surface area contributed by atoms with Crippen molar-refractivity contribution in [3.63, 3.8) is 0 Å². The lowest BCUT2D eigenvalue weighted by Crippen LogP contribution is -2.21. The summed E-state index contributed by atoms with van der Waals surface area (Å²) in [5.74, 6) is -0.0718. The van der Waals surface area contributed by atoms with Gasteiger partial charge in [0.15, 0.2) is 5.78 Å². The number of aromatic nitrogens is 3. The number of carbonyl (C=O) groups excluding carboxylic acids is 1. The van der Waals surface area contributed by atoms with Crippen LogP contribution in [0.25, 0.3) is 27.7 Å². The van der Waals surface area contributed by atoms with Crippen LogP contribution < -0.4 is 5.56 Å². The van der Waals surface area contributed by atoms with E-state index in [1.807, 2.05) is 80.6 Å². The van der Waals surface area contributed by atoms with Gasteiger partial charge in [-0.25, -0.2) is 0 Å². The SMILES string of the molecule is Cc1cc(C)n(CC(O)c2ccc(-n3c4c(c5ccccc5c3=O)C(=O)c3ccccc3-4)cc2)n1. The van der Waals surface area contributed by atoms with Gasteiger partial charge in [0.05, 0.1) is 29.6 Å². The molecule has 35 heavy (non-hydrogen) atoms. The summed E-state index contributed by atoms with van der Waals surface area (Å²) in [7, 11) is 0. The number of aryl methyl sites for hydroxylation is 2. The van der Waals surface area contributed by atoms with Crippen LogP contribution in [-0.4, -0.2) is 25.2 Å². The third kappa shape index (κ3) is 3.26. The van der Waals surface area contributed by atoms with Crippen LogP contribution in [0.3, 0.4) is 0 Å². The molecule has 3 aromatic carbocycles. The summed E-state index contributed by atoms with van der Waals surface area (Å²) in [6, 6.07) is 23.9. The molecule has 1 atom stereocenters. The van der Waals surface area contributed by atoms with Gasteiger partial charge in [0.1, 0.15) is 0 Å². The lowest BCUT2D eigenvalue weighted by atomic mass is 10.0. The van der Waals surface area contributed by atoms with E-state index < -0.39 is 6.10 Å². The fourth-order valence-electron chi connectivity index (χ4n) is 5.08. The Morgan fingerprint density at radius 1 is 0.857 bits per heavy atom. The molecule has 0 fully saturated rings. The summed E-state index contributed by atoms with van der Waals surface area (Å²) < 4.78 is 3.41. The molecule has 172 valence electrons. The molecule has 0 spiro atoms. The summed E-state index contributed by atoms with van der Waals surface area (Å²) in [4.78, 5) is 27.1. The maximum atomic E-state index is 13.7. The highest BCUT2D eigenvalue weighted by Crippen LogP contribution is 2.40. The molecule has 0 saturated carbocycles. The number of hydrogen-bond acceptors (Lipinski definition) is 4. The Kier molecular flexibility index (Phi) is 4.79. The third-order valence-corrected chi connectivity index (χ3v) is 6.73. The lowest BCUT2D eigenvalue weighted by molar-refractivity contribution is 0.104. The molecule has 6 heteroatoms. The molecule has 2 heterocycles. The zero-order chi connectivity index (χ0) is 24.3. The molecule has 5 aromatic rings. The first-order valence-electron chi connectivity index (χ1n) is 11.6. The molecule has 0 amide bonds. The highest BCUT2D eigenvalue weighted by Gasteiger charge is 2.32. The average Bonchev–Trinajstić information content (AvgIpc) is 3.35. The minimum atomic E-state index is -0.747. The Balaban J connectivity index is 1.49. The Morgan fingerprint density at radius 3 is 2.20 bits per heavy atom. The molecule has 0 radical (unpaired) electrons. The largest absolute Gasteiger partial charge is 0.386 e. The van der Waals surface area contributed by atoms with Crippen LogP contribution in [-0.2, 0) is 6.54 Å². The van der Waals surface area contributed by atoms with Crippen molar-refractivity contribution in [2.75, 3.05) is 0 Å². The summed E-state index contributed by atoms with van der Waals surface area (Å²) in [5.41, 5.74) is 5.60. The fraction of sp³-hybridized carbons (Fsp3) is 0.138. The topological polar surface area (TPSA) is 77.1 Å². The summed E-state index contributed by atoms with van der Waals surface area (Å²) in [6.45, 7) is 4.22. The first kappa shape index (κ1) is 21.3. The van der Waals surface area contributed by atoms with Crippen molar-refractivity contribution in [2.45, 2.75) is 26.5 Å². The van der Waals surface area contributed by atoms with E-state index in [2.05, 4.69) is 5.10 Å².